The van der Waals surface area contributed by atoms with Gasteiger partial charge in [0.25, 0.3) is 0 Å². The SMILES string of the molecule is O=C1CC(Oc2cc(Br)ccc2Cl)C12CCCC2. The highest BCUT2D eigenvalue weighted by molar-refractivity contribution is 9.10. The molecule has 0 amide bonds. The molecule has 0 N–H and O–H groups in total. The maximum absolute atomic E-state index is 11.9. The molecule has 1 spiro atoms. The number of Topliss-reactive ketones (excluding diaryl/α,β-unsaturated/α-hetero) is 1. The Morgan fingerprint density at radius 1 is 1.33 bits per heavy atom. The van der Waals surface area contributed by atoms with Gasteiger partial charge in [-0.1, -0.05) is 40.4 Å². The highest BCUT2D eigenvalue weighted by Crippen LogP contribution is 2.52. The average molecular weight is 330 g/mol. The van der Waals surface area contributed by atoms with E-state index in [-0.39, 0.29) is 11.5 Å². The molecule has 2 saturated carbocycles. The molecular weight excluding hydrogens is 316 g/mol. The first-order valence-corrected chi connectivity index (χ1v) is 7.44. The van der Waals surface area contributed by atoms with E-state index in [0.717, 1.165) is 30.2 Å². The van der Waals surface area contributed by atoms with Gasteiger partial charge in [0.05, 0.1) is 10.4 Å². The highest BCUT2D eigenvalue weighted by Gasteiger charge is 2.57. The third kappa shape index (κ3) is 1.88. The average Bonchev–Trinajstić information content (AvgIpc) is 2.85. The van der Waals surface area contributed by atoms with Crippen LogP contribution < -0.4 is 4.74 Å². The molecule has 2 nitrogen and oxygen atoms in total. The largest absolute Gasteiger partial charge is 0.487 e. The van der Waals surface area contributed by atoms with E-state index in [4.69, 9.17) is 16.3 Å². The van der Waals surface area contributed by atoms with Gasteiger partial charge in [-0.2, -0.15) is 0 Å². The molecular formula is C14H14BrClO2. The summed E-state index contributed by atoms with van der Waals surface area (Å²) in [6.45, 7) is 0. The predicted molar refractivity (Wildman–Crippen MR) is 74.1 cm³/mol. The fraction of sp³-hybridized carbons (Fsp3) is 0.500. The minimum Gasteiger partial charge on any atom is -0.487 e. The molecule has 2 aliphatic carbocycles. The topological polar surface area (TPSA) is 26.3 Å². The number of hydrogen-bond donors (Lipinski definition) is 0. The van der Waals surface area contributed by atoms with E-state index in [2.05, 4.69) is 15.9 Å². The molecule has 2 fully saturated rings. The van der Waals surface area contributed by atoms with Crippen LogP contribution in [-0.4, -0.2) is 11.9 Å². The van der Waals surface area contributed by atoms with E-state index < -0.39 is 0 Å². The van der Waals surface area contributed by atoms with E-state index in [1.165, 1.54) is 0 Å². The second-order valence-electron chi connectivity index (χ2n) is 5.17. The number of ketones is 1. The van der Waals surface area contributed by atoms with Crippen molar-refractivity contribution < 1.29 is 9.53 Å². The zero-order valence-electron chi connectivity index (χ0n) is 9.92. The monoisotopic (exact) mass is 328 g/mol. The summed E-state index contributed by atoms with van der Waals surface area (Å²) in [5.74, 6) is 1.05. The molecule has 0 aliphatic heterocycles. The number of rotatable bonds is 2. The van der Waals surface area contributed by atoms with Gasteiger partial charge in [-0.3, -0.25) is 4.79 Å². The molecule has 0 heterocycles. The first kappa shape index (κ1) is 12.5. The van der Waals surface area contributed by atoms with E-state index in [1.807, 2.05) is 18.2 Å². The lowest BCUT2D eigenvalue weighted by Crippen LogP contribution is -2.55. The lowest BCUT2D eigenvalue weighted by Gasteiger charge is -2.44. The number of carbonyl (C=O) groups is 1. The van der Waals surface area contributed by atoms with Gasteiger partial charge in [0, 0.05) is 10.9 Å². The van der Waals surface area contributed by atoms with Crippen molar-refractivity contribution in [3.8, 4) is 5.75 Å². The minimum atomic E-state index is -0.203. The van der Waals surface area contributed by atoms with Crippen molar-refractivity contribution in [1.29, 1.82) is 0 Å². The van der Waals surface area contributed by atoms with Crippen molar-refractivity contribution in [1.82, 2.24) is 0 Å². The van der Waals surface area contributed by atoms with Crippen LogP contribution in [0, 0.1) is 5.41 Å². The fourth-order valence-corrected chi connectivity index (χ4v) is 3.60. The normalized spacial score (nSPS) is 25.2. The number of carbonyl (C=O) groups excluding carboxylic acids is 1. The molecule has 0 saturated heterocycles. The van der Waals surface area contributed by atoms with Gasteiger partial charge in [-0.05, 0) is 31.0 Å². The molecule has 0 bridgehead atoms. The Morgan fingerprint density at radius 2 is 2.06 bits per heavy atom. The molecule has 96 valence electrons. The Bertz CT molecular complexity index is 495. The summed E-state index contributed by atoms with van der Waals surface area (Å²) in [6.07, 6.45) is 4.77. The van der Waals surface area contributed by atoms with Gasteiger partial charge in [-0.25, -0.2) is 0 Å². The van der Waals surface area contributed by atoms with Gasteiger partial charge in [0.2, 0.25) is 0 Å². The van der Waals surface area contributed by atoms with Crippen LogP contribution in [-0.2, 0) is 4.79 Å². The minimum absolute atomic E-state index is 0.0132. The van der Waals surface area contributed by atoms with Crippen LogP contribution in [0.5, 0.6) is 5.75 Å². The third-order valence-corrected chi connectivity index (χ3v) is 5.01. The molecule has 3 rings (SSSR count). The van der Waals surface area contributed by atoms with Crippen molar-refractivity contribution in [2.24, 2.45) is 5.41 Å². The quantitative estimate of drug-likeness (QED) is 0.804. The number of ether oxygens (including phenoxy) is 1. The van der Waals surface area contributed by atoms with Gasteiger partial charge >= 0.3 is 0 Å². The molecule has 0 radical (unpaired) electrons. The lowest BCUT2D eigenvalue weighted by atomic mass is 9.63. The van der Waals surface area contributed by atoms with E-state index in [1.54, 1.807) is 0 Å². The van der Waals surface area contributed by atoms with Crippen molar-refractivity contribution in [3.63, 3.8) is 0 Å². The van der Waals surface area contributed by atoms with Crippen molar-refractivity contribution >= 4 is 33.3 Å². The van der Waals surface area contributed by atoms with Gasteiger partial charge in [0.15, 0.2) is 0 Å². The van der Waals surface area contributed by atoms with E-state index >= 15 is 0 Å². The third-order valence-electron chi connectivity index (χ3n) is 4.20. The van der Waals surface area contributed by atoms with Crippen LogP contribution in [0.4, 0.5) is 0 Å². The summed E-state index contributed by atoms with van der Waals surface area (Å²) in [7, 11) is 0. The zero-order valence-corrected chi connectivity index (χ0v) is 12.3. The summed E-state index contributed by atoms with van der Waals surface area (Å²) in [5.41, 5.74) is -0.203. The fourth-order valence-electron chi connectivity index (χ4n) is 3.10. The first-order valence-electron chi connectivity index (χ1n) is 6.27. The Morgan fingerprint density at radius 3 is 2.72 bits per heavy atom. The predicted octanol–water partition coefficient (Wildman–Crippen LogP) is 4.38. The van der Waals surface area contributed by atoms with E-state index in [0.29, 0.717) is 23.0 Å². The molecule has 1 atom stereocenters. The first-order chi connectivity index (χ1) is 8.62. The zero-order chi connectivity index (χ0) is 12.8. The summed E-state index contributed by atoms with van der Waals surface area (Å²) in [4.78, 5) is 11.9. The second kappa shape index (κ2) is 4.53. The van der Waals surface area contributed by atoms with Gasteiger partial charge in [-0.15, -0.1) is 0 Å². The molecule has 1 aromatic carbocycles. The van der Waals surface area contributed by atoms with Crippen LogP contribution in [0.1, 0.15) is 32.1 Å². The van der Waals surface area contributed by atoms with E-state index in [9.17, 15) is 4.79 Å². The summed E-state index contributed by atoms with van der Waals surface area (Å²) < 4.78 is 6.93. The Kier molecular flexibility index (Phi) is 3.15. The molecule has 2 aliphatic rings. The van der Waals surface area contributed by atoms with Crippen molar-refractivity contribution in [3.05, 3.63) is 27.7 Å². The summed E-state index contributed by atoms with van der Waals surface area (Å²) in [6, 6.07) is 5.56. The maximum atomic E-state index is 11.9. The standard InChI is InChI=1S/C14H14BrClO2/c15-9-3-4-10(16)11(7-9)18-13-8-12(17)14(13)5-1-2-6-14/h3-4,7,13H,1-2,5-6,8H2. The van der Waals surface area contributed by atoms with Crippen LogP contribution in [0.25, 0.3) is 0 Å². The van der Waals surface area contributed by atoms with Gasteiger partial charge in [0.1, 0.15) is 17.6 Å². The van der Waals surface area contributed by atoms with Crippen LogP contribution in [0.3, 0.4) is 0 Å². The summed E-state index contributed by atoms with van der Waals surface area (Å²) >= 11 is 9.53. The molecule has 0 aromatic heterocycles. The number of halogens is 2. The Balaban J connectivity index is 1.81. The number of benzene rings is 1. The summed E-state index contributed by atoms with van der Waals surface area (Å²) in [5, 5.41) is 0.602. The smallest absolute Gasteiger partial charge is 0.146 e. The highest BCUT2D eigenvalue weighted by atomic mass is 79.9. The molecule has 1 unspecified atom stereocenters. The lowest BCUT2D eigenvalue weighted by molar-refractivity contribution is -0.151. The second-order valence-corrected chi connectivity index (χ2v) is 6.49. The molecule has 4 heteroatoms. The van der Waals surface area contributed by atoms with Gasteiger partial charge < -0.3 is 4.74 Å². The Hall–Kier alpha value is -0.540. The molecule has 1 aromatic rings. The maximum Gasteiger partial charge on any atom is 0.146 e. The Labute approximate surface area is 120 Å². The van der Waals surface area contributed by atoms with Crippen LogP contribution in [0.2, 0.25) is 5.02 Å². The molecule has 18 heavy (non-hydrogen) atoms. The number of hydrogen-bond acceptors (Lipinski definition) is 2. The van der Waals surface area contributed by atoms with Crippen LogP contribution >= 0.6 is 27.5 Å². The van der Waals surface area contributed by atoms with Crippen molar-refractivity contribution in [2.75, 3.05) is 0 Å². The van der Waals surface area contributed by atoms with Crippen molar-refractivity contribution in [2.45, 2.75) is 38.2 Å². The van der Waals surface area contributed by atoms with Crippen LogP contribution in [0.15, 0.2) is 22.7 Å².